The van der Waals surface area contributed by atoms with Crippen LogP contribution in [0, 0.1) is 0 Å². The first-order chi connectivity index (χ1) is 14.2. The molecule has 2 heterocycles. The number of likely N-dealkylation sites (tertiary alicyclic amines) is 1. The lowest BCUT2D eigenvalue weighted by molar-refractivity contribution is -0.143. The highest BCUT2D eigenvalue weighted by molar-refractivity contribution is 5.82. The monoisotopic (exact) mass is 434 g/mol. The third-order valence-corrected chi connectivity index (χ3v) is 5.68. The Balaban J connectivity index is 1.78. The molecule has 2 saturated heterocycles. The number of piperazine rings is 1. The Morgan fingerprint density at radius 2 is 1.73 bits per heavy atom. The van der Waals surface area contributed by atoms with Crippen LogP contribution < -0.4 is 5.32 Å². The zero-order valence-electron chi connectivity index (χ0n) is 18.5. The van der Waals surface area contributed by atoms with Gasteiger partial charge in [0.2, 0.25) is 5.91 Å². The van der Waals surface area contributed by atoms with Crippen molar-refractivity contribution >= 4 is 11.9 Å². The minimum absolute atomic E-state index is 0.103. The van der Waals surface area contributed by atoms with Crippen LogP contribution >= 0.6 is 0 Å². The highest BCUT2D eigenvalue weighted by Crippen LogP contribution is 2.16. The molecule has 1 amide bonds. The second kappa shape index (κ2) is 11.7. The number of amides is 1. The van der Waals surface area contributed by atoms with Crippen LogP contribution in [0.15, 0.2) is 4.99 Å². The summed E-state index contributed by atoms with van der Waals surface area (Å²) in [6, 6.07) is -0.103. The summed E-state index contributed by atoms with van der Waals surface area (Å²) in [6.07, 6.45) is -1.40. The van der Waals surface area contributed by atoms with Crippen molar-refractivity contribution in [3.63, 3.8) is 0 Å². The third kappa shape index (κ3) is 7.94. The normalized spacial score (nSPS) is 20.2. The summed E-state index contributed by atoms with van der Waals surface area (Å²) in [4.78, 5) is 24.9. The molecule has 0 radical (unpaired) electrons. The van der Waals surface area contributed by atoms with Crippen LogP contribution in [0.4, 0.5) is 13.2 Å². The van der Waals surface area contributed by atoms with Crippen LogP contribution in [0.25, 0.3) is 0 Å². The van der Waals surface area contributed by atoms with Gasteiger partial charge in [-0.15, -0.1) is 0 Å². The fourth-order valence-corrected chi connectivity index (χ4v) is 4.02. The molecule has 7 nitrogen and oxygen atoms in total. The van der Waals surface area contributed by atoms with Crippen molar-refractivity contribution in [3.05, 3.63) is 0 Å². The van der Waals surface area contributed by atoms with Gasteiger partial charge in [0.15, 0.2) is 5.96 Å². The number of hydrogen-bond acceptors (Lipinski definition) is 4. The van der Waals surface area contributed by atoms with Gasteiger partial charge in [-0.3, -0.25) is 19.6 Å². The van der Waals surface area contributed by atoms with Crippen LogP contribution in [-0.2, 0) is 4.79 Å². The Labute approximate surface area is 178 Å². The fourth-order valence-electron chi connectivity index (χ4n) is 4.02. The minimum atomic E-state index is -4.17. The van der Waals surface area contributed by atoms with E-state index in [9.17, 15) is 18.0 Å². The van der Waals surface area contributed by atoms with E-state index in [1.54, 1.807) is 0 Å². The van der Waals surface area contributed by atoms with Gasteiger partial charge >= 0.3 is 6.18 Å². The van der Waals surface area contributed by atoms with E-state index in [2.05, 4.69) is 20.1 Å². The summed E-state index contributed by atoms with van der Waals surface area (Å²) < 4.78 is 37.2. The van der Waals surface area contributed by atoms with Crippen molar-refractivity contribution < 1.29 is 18.0 Å². The second-order valence-electron chi connectivity index (χ2n) is 8.17. The van der Waals surface area contributed by atoms with E-state index >= 15 is 0 Å². The molecule has 2 aliphatic heterocycles. The number of carbonyl (C=O) groups excluding carboxylic acids is 1. The lowest BCUT2D eigenvalue weighted by atomic mass is 10.2. The smallest absolute Gasteiger partial charge is 0.357 e. The number of hydrogen-bond donors (Lipinski definition) is 1. The van der Waals surface area contributed by atoms with Gasteiger partial charge in [0, 0.05) is 52.4 Å². The molecule has 0 aromatic carbocycles. The number of guanidine groups is 1. The standard InChI is InChI=1S/C20H37F3N6O/c1-4-24-19(25-8-7-9-26(3)16-20(21,22)23)29-14-12-27(13-15-29)17(2)18(30)28-10-5-6-11-28/h17H,4-16H2,1-3H3,(H,24,25). The molecule has 2 rings (SSSR count). The minimum Gasteiger partial charge on any atom is -0.357 e. The van der Waals surface area contributed by atoms with Gasteiger partial charge in [-0.1, -0.05) is 0 Å². The first-order valence-electron chi connectivity index (χ1n) is 11.0. The van der Waals surface area contributed by atoms with E-state index in [4.69, 9.17) is 0 Å². The summed E-state index contributed by atoms with van der Waals surface area (Å²) in [5, 5.41) is 3.28. The van der Waals surface area contributed by atoms with Gasteiger partial charge < -0.3 is 15.1 Å². The van der Waals surface area contributed by atoms with Crippen molar-refractivity contribution in [2.24, 2.45) is 4.99 Å². The van der Waals surface area contributed by atoms with Crippen molar-refractivity contribution in [1.29, 1.82) is 0 Å². The average molecular weight is 435 g/mol. The Hall–Kier alpha value is -1.55. The summed E-state index contributed by atoms with van der Waals surface area (Å²) >= 11 is 0. The van der Waals surface area contributed by atoms with E-state index < -0.39 is 12.7 Å². The lowest BCUT2D eigenvalue weighted by Crippen LogP contribution is -2.57. The highest BCUT2D eigenvalue weighted by atomic mass is 19.4. The fraction of sp³-hybridized carbons (Fsp3) is 0.900. The number of rotatable bonds is 8. The van der Waals surface area contributed by atoms with Crippen molar-refractivity contribution in [3.8, 4) is 0 Å². The van der Waals surface area contributed by atoms with E-state index in [-0.39, 0.29) is 11.9 Å². The van der Waals surface area contributed by atoms with E-state index in [0.29, 0.717) is 19.5 Å². The molecule has 2 aliphatic rings. The second-order valence-corrected chi connectivity index (χ2v) is 8.17. The highest BCUT2D eigenvalue weighted by Gasteiger charge is 2.31. The molecule has 0 aromatic rings. The molecule has 1 atom stereocenters. The number of halogens is 3. The molecular weight excluding hydrogens is 397 g/mol. The lowest BCUT2D eigenvalue weighted by Gasteiger charge is -2.39. The molecule has 0 aromatic heterocycles. The SMILES string of the molecule is CCNC(=NCCCN(C)CC(F)(F)F)N1CCN(C(C)C(=O)N2CCCC2)CC1. The van der Waals surface area contributed by atoms with E-state index in [1.807, 2.05) is 18.7 Å². The first kappa shape index (κ1) is 24.7. The van der Waals surface area contributed by atoms with Gasteiger partial charge in [-0.25, -0.2) is 0 Å². The maximum atomic E-state index is 12.6. The molecule has 0 spiro atoms. The molecule has 1 unspecified atom stereocenters. The molecule has 0 aliphatic carbocycles. The number of nitrogens with zero attached hydrogens (tertiary/aromatic N) is 5. The van der Waals surface area contributed by atoms with Crippen LogP contribution in [0.3, 0.4) is 0 Å². The van der Waals surface area contributed by atoms with Crippen LogP contribution in [0.1, 0.15) is 33.1 Å². The first-order valence-corrected chi connectivity index (χ1v) is 11.0. The summed E-state index contributed by atoms with van der Waals surface area (Å²) in [6.45, 7) is 9.54. The molecule has 174 valence electrons. The van der Waals surface area contributed by atoms with Crippen LogP contribution in [0.5, 0.6) is 0 Å². The summed E-state index contributed by atoms with van der Waals surface area (Å²) in [5.41, 5.74) is 0. The Bertz CT molecular complexity index is 557. The number of carbonyl (C=O) groups is 1. The Morgan fingerprint density at radius 1 is 1.10 bits per heavy atom. The molecule has 10 heteroatoms. The Kier molecular flexibility index (Phi) is 9.67. The molecular formula is C20H37F3N6O. The van der Waals surface area contributed by atoms with Crippen molar-refractivity contribution in [2.45, 2.75) is 45.3 Å². The summed E-state index contributed by atoms with van der Waals surface area (Å²) in [5.74, 6) is 1.03. The van der Waals surface area contributed by atoms with E-state index in [0.717, 1.165) is 64.6 Å². The van der Waals surface area contributed by atoms with Crippen LogP contribution in [0.2, 0.25) is 0 Å². The largest absolute Gasteiger partial charge is 0.401 e. The maximum absolute atomic E-state index is 12.6. The number of aliphatic imine (C=N–C) groups is 1. The molecule has 0 bridgehead atoms. The maximum Gasteiger partial charge on any atom is 0.401 e. The van der Waals surface area contributed by atoms with Gasteiger partial charge in [0.1, 0.15) is 0 Å². The zero-order chi connectivity index (χ0) is 22.1. The van der Waals surface area contributed by atoms with Crippen molar-refractivity contribution in [1.82, 2.24) is 24.9 Å². The van der Waals surface area contributed by atoms with Gasteiger partial charge in [-0.2, -0.15) is 13.2 Å². The molecule has 30 heavy (non-hydrogen) atoms. The Morgan fingerprint density at radius 3 is 2.30 bits per heavy atom. The molecule has 1 N–H and O–H groups in total. The predicted molar refractivity (Wildman–Crippen MR) is 113 cm³/mol. The van der Waals surface area contributed by atoms with Gasteiger partial charge in [-0.05, 0) is 46.7 Å². The molecule has 2 fully saturated rings. The average Bonchev–Trinajstić information content (AvgIpc) is 3.23. The number of alkyl halides is 3. The third-order valence-electron chi connectivity index (χ3n) is 5.68. The topological polar surface area (TPSA) is 54.4 Å². The van der Waals surface area contributed by atoms with Crippen molar-refractivity contribution in [2.75, 3.05) is 72.5 Å². The van der Waals surface area contributed by atoms with Crippen LogP contribution in [-0.4, -0.2) is 116 Å². The van der Waals surface area contributed by atoms with Gasteiger partial charge in [0.05, 0.1) is 12.6 Å². The van der Waals surface area contributed by atoms with Gasteiger partial charge in [0.25, 0.3) is 0 Å². The zero-order valence-corrected chi connectivity index (χ0v) is 18.5. The predicted octanol–water partition coefficient (Wildman–Crippen LogP) is 1.46. The van der Waals surface area contributed by atoms with E-state index in [1.165, 1.54) is 11.9 Å². The quantitative estimate of drug-likeness (QED) is 0.356. The molecule has 0 saturated carbocycles. The number of nitrogens with one attached hydrogen (secondary N) is 1. The summed E-state index contributed by atoms with van der Waals surface area (Å²) in [7, 11) is 1.48.